The Balaban J connectivity index is 2.52. The van der Waals surface area contributed by atoms with Crippen LogP contribution in [0.1, 0.15) is 53.1 Å². The van der Waals surface area contributed by atoms with E-state index in [0.717, 1.165) is 29.4 Å². The maximum atomic E-state index is 12.6. The third kappa shape index (κ3) is 3.20. The highest BCUT2D eigenvalue weighted by Crippen LogP contribution is 2.26. The van der Waals surface area contributed by atoms with Gasteiger partial charge in [0, 0.05) is 41.3 Å². The first-order valence-electron chi connectivity index (χ1n) is 7.48. The lowest BCUT2D eigenvalue weighted by molar-refractivity contribution is 0.0792. The van der Waals surface area contributed by atoms with Crippen molar-refractivity contribution in [3.63, 3.8) is 0 Å². The van der Waals surface area contributed by atoms with Gasteiger partial charge in [-0.2, -0.15) is 0 Å². The molecule has 1 atom stereocenters. The van der Waals surface area contributed by atoms with Gasteiger partial charge in [-0.1, -0.05) is 19.4 Å². The van der Waals surface area contributed by atoms with Gasteiger partial charge in [-0.05, 0) is 25.5 Å². The molecule has 0 aliphatic carbocycles. The number of hydrogen-bond donors (Lipinski definition) is 2. The quantitative estimate of drug-likeness (QED) is 0.771. The van der Waals surface area contributed by atoms with E-state index in [1.807, 2.05) is 6.92 Å². The fraction of sp³-hybridized carbons (Fsp3) is 0.412. The summed E-state index contributed by atoms with van der Waals surface area (Å²) >= 11 is 0. The molecule has 0 spiro atoms. The number of nitrogens with two attached hydrogens (primary N) is 1. The van der Waals surface area contributed by atoms with Crippen molar-refractivity contribution in [3.05, 3.63) is 35.0 Å². The molecule has 0 bridgehead atoms. The van der Waals surface area contributed by atoms with E-state index in [9.17, 15) is 9.59 Å². The van der Waals surface area contributed by atoms with E-state index < -0.39 is 5.91 Å². The number of ether oxygens (including phenoxy) is 1. The van der Waals surface area contributed by atoms with Gasteiger partial charge in [-0.25, -0.2) is 0 Å². The van der Waals surface area contributed by atoms with E-state index in [1.54, 1.807) is 25.3 Å². The Morgan fingerprint density at radius 3 is 2.68 bits per heavy atom. The van der Waals surface area contributed by atoms with Crippen LogP contribution in [0.4, 0.5) is 0 Å². The lowest BCUT2D eigenvalue weighted by atomic mass is 9.99. The van der Waals surface area contributed by atoms with Gasteiger partial charge in [0.25, 0.3) is 0 Å². The molecule has 118 valence electrons. The molecule has 0 aliphatic heterocycles. The van der Waals surface area contributed by atoms with E-state index in [2.05, 4.69) is 11.9 Å². The summed E-state index contributed by atoms with van der Waals surface area (Å²) < 4.78 is 5.19. The standard InChI is InChI=1S/C17H22N2O3/c1-4-5-13-16(15(20)8-10(2)22-3)12-7-6-11(17(18)21)9-14(12)19-13/h6-7,9-10,19H,4-5,8H2,1-3H3,(H2,18,21). The largest absolute Gasteiger partial charge is 0.381 e. The van der Waals surface area contributed by atoms with Gasteiger partial charge in [-0.3, -0.25) is 9.59 Å². The number of rotatable bonds is 7. The minimum Gasteiger partial charge on any atom is -0.381 e. The third-order valence-corrected chi connectivity index (χ3v) is 3.81. The zero-order valence-corrected chi connectivity index (χ0v) is 13.2. The van der Waals surface area contributed by atoms with Crippen molar-refractivity contribution < 1.29 is 14.3 Å². The van der Waals surface area contributed by atoms with Gasteiger partial charge < -0.3 is 15.5 Å². The van der Waals surface area contributed by atoms with E-state index in [4.69, 9.17) is 10.5 Å². The predicted molar refractivity (Wildman–Crippen MR) is 86.2 cm³/mol. The molecule has 5 nitrogen and oxygen atoms in total. The van der Waals surface area contributed by atoms with Gasteiger partial charge in [-0.15, -0.1) is 0 Å². The molecule has 0 radical (unpaired) electrons. The molecule has 1 amide bonds. The first-order valence-corrected chi connectivity index (χ1v) is 7.48. The van der Waals surface area contributed by atoms with Crippen molar-refractivity contribution in [2.45, 2.75) is 39.2 Å². The Hall–Kier alpha value is -2.14. The number of fused-ring (bicyclic) bond motifs is 1. The summed E-state index contributed by atoms with van der Waals surface area (Å²) in [7, 11) is 1.60. The molecule has 1 aromatic carbocycles. The highest BCUT2D eigenvalue weighted by molar-refractivity contribution is 6.10. The summed E-state index contributed by atoms with van der Waals surface area (Å²) in [5.74, 6) is -0.426. The topological polar surface area (TPSA) is 85.2 Å². The second-order valence-electron chi connectivity index (χ2n) is 5.53. The number of benzene rings is 1. The number of hydrogen-bond acceptors (Lipinski definition) is 3. The number of aromatic nitrogens is 1. The summed E-state index contributed by atoms with van der Waals surface area (Å²) in [6, 6.07) is 5.15. The molecular formula is C17H22N2O3. The van der Waals surface area contributed by atoms with Crippen molar-refractivity contribution in [1.82, 2.24) is 4.98 Å². The monoisotopic (exact) mass is 302 g/mol. The van der Waals surface area contributed by atoms with E-state index >= 15 is 0 Å². The molecule has 1 heterocycles. The van der Waals surface area contributed by atoms with Crippen LogP contribution in [0.3, 0.4) is 0 Å². The molecule has 0 saturated carbocycles. The molecule has 0 fully saturated rings. The van der Waals surface area contributed by atoms with Crippen LogP contribution in [0.2, 0.25) is 0 Å². The number of H-pyrrole nitrogens is 1. The van der Waals surface area contributed by atoms with Crippen LogP contribution in [0.25, 0.3) is 10.9 Å². The molecule has 2 rings (SSSR count). The second-order valence-corrected chi connectivity index (χ2v) is 5.53. The van der Waals surface area contributed by atoms with E-state index in [-0.39, 0.29) is 11.9 Å². The molecule has 1 aromatic heterocycles. The molecule has 2 aromatic rings. The maximum Gasteiger partial charge on any atom is 0.248 e. The second kappa shape index (κ2) is 6.75. The summed E-state index contributed by atoms with van der Waals surface area (Å²) in [5, 5.41) is 0.835. The Morgan fingerprint density at radius 2 is 2.09 bits per heavy atom. The zero-order chi connectivity index (χ0) is 16.3. The Bertz CT molecular complexity index is 703. The van der Waals surface area contributed by atoms with Gasteiger partial charge in [0.1, 0.15) is 0 Å². The first kappa shape index (κ1) is 16.2. The Kier molecular flexibility index (Phi) is 4.98. The van der Waals surface area contributed by atoms with Crippen molar-refractivity contribution in [2.24, 2.45) is 5.73 Å². The van der Waals surface area contributed by atoms with E-state index in [0.29, 0.717) is 17.5 Å². The minimum atomic E-state index is -0.477. The average Bonchev–Trinajstić information content (AvgIpc) is 2.84. The number of ketones is 1. The number of nitrogens with one attached hydrogen (secondary N) is 1. The number of primary amides is 1. The van der Waals surface area contributed by atoms with Gasteiger partial charge in [0.2, 0.25) is 5.91 Å². The number of Topliss-reactive ketones (excluding diaryl/α,β-unsaturated/α-hetero) is 1. The molecule has 3 N–H and O–H groups in total. The van der Waals surface area contributed by atoms with Crippen molar-refractivity contribution in [2.75, 3.05) is 7.11 Å². The smallest absolute Gasteiger partial charge is 0.248 e. The van der Waals surface area contributed by atoms with Crippen LogP contribution < -0.4 is 5.73 Å². The van der Waals surface area contributed by atoms with Gasteiger partial charge in [0.05, 0.1) is 6.10 Å². The van der Waals surface area contributed by atoms with Gasteiger partial charge >= 0.3 is 0 Å². The van der Waals surface area contributed by atoms with Crippen LogP contribution in [0, 0.1) is 0 Å². The summed E-state index contributed by atoms with van der Waals surface area (Å²) in [6.07, 6.45) is 1.91. The normalized spacial score (nSPS) is 12.5. The molecule has 22 heavy (non-hydrogen) atoms. The number of amides is 1. The Labute approximate surface area is 129 Å². The summed E-state index contributed by atoms with van der Waals surface area (Å²) in [6.45, 7) is 3.93. The number of carbonyl (C=O) groups excluding carboxylic acids is 2. The number of carbonyl (C=O) groups is 2. The summed E-state index contributed by atoms with van der Waals surface area (Å²) in [5.41, 5.74) is 8.13. The molecule has 1 unspecified atom stereocenters. The van der Waals surface area contributed by atoms with Crippen LogP contribution >= 0.6 is 0 Å². The van der Waals surface area contributed by atoms with Crippen LogP contribution in [-0.2, 0) is 11.2 Å². The lowest BCUT2D eigenvalue weighted by Gasteiger charge is -2.09. The van der Waals surface area contributed by atoms with Crippen LogP contribution in [0.5, 0.6) is 0 Å². The average molecular weight is 302 g/mol. The highest BCUT2D eigenvalue weighted by Gasteiger charge is 2.20. The minimum absolute atomic E-state index is 0.0517. The van der Waals surface area contributed by atoms with Crippen LogP contribution in [0.15, 0.2) is 18.2 Å². The molecule has 0 aliphatic rings. The highest BCUT2D eigenvalue weighted by atomic mass is 16.5. The summed E-state index contributed by atoms with van der Waals surface area (Å²) in [4.78, 5) is 27.2. The fourth-order valence-corrected chi connectivity index (χ4v) is 2.61. The Morgan fingerprint density at radius 1 is 1.36 bits per heavy atom. The molecular weight excluding hydrogens is 280 g/mol. The number of aromatic amines is 1. The fourth-order valence-electron chi connectivity index (χ4n) is 2.61. The van der Waals surface area contributed by atoms with Crippen molar-refractivity contribution >= 4 is 22.6 Å². The number of methoxy groups -OCH3 is 1. The van der Waals surface area contributed by atoms with Crippen molar-refractivity contribution in [1.29, 1.82) is 0 Å². The number of aryl methyl sites for hydroxylation is 1. The van der Waals surface area contributed by atoms with Crippen LogP contribution in [-0.4, -0.2) is 29.9 Å². The van der Waals surface area contributed by atoms with Crippen molar-refractivity contribution in [3.8, 4) is 0 Å². The lowest BCUT2D eigenvalue weighted by Crippen LogP contribution is -2.13. The maximum absolute atomic E-state index is 12.6. The zero-order valence-electron chi connectivity index (χ0n) is 13.2. The van der Waals surface area contributed by atoms with E-state index in [1.165, 1.54) is 0 Å². The van der Waals surface area contributed by atoms with Gasteiger partial charge in [0.15, 0.2) is 5.78 Å². The predicted octanol–water partition coefficient (Wildman–Crippen LogP) is 2.83. The molecule has 0 saturated heterocycles. The first-order chi connectivity index (χ1) is 10.5. The SMILES string of the molecule is CCCc1[nH]c2cc(C(N)=O)ccc2c1C(=O)CC(C)OC. The molecule has 5 heteroatoms. The third-order valence-electron chi connectivity index (χ3n) is 3.81.